The molecule has 5 nitrogen and oxygen atoms in total. The molecule has 0 unspecified atom stereocenters. The summed E-state index contributed by atoms with van der Waals surface area (Å²) in [5.74, 6) is -0.792. The Bertz CT molecular complexity index is 993. The third kappa shape index (κ3) is 5.63. The van der Waals surface area contributed by atoms with Gasteiger partial charge in [0.15, 0.2) is 0 Å². The number of rotatable bonds is 6. The van der Waals surface area contributed by atoms with Gasteiger partial charge in [-0.3, -0.25) is 9.10 Å². The lowest BCUT2D eigenvalue weighted by Gasteiger charge is -2.30. The maximum Gasteiger partial charge on any atom is 0.416 e. The van der Waals surface area contributed by atoms with Crippen LogP contribution in [0, 0.1) is 6.92 Å². The highest BCUT2D eigenvalue weighted by molar-refractivity contribution is 7.92. The third-order valence-electron chi connectivity index (χ3n) is 4.17. The highest BCUT2D eigenvalue weighted by Gasteiger charge is 2.33. The molecule has 2 aromatic rings. The normalized spacial score (nSPS) is 13.1. The molecule has 0 fully saturated rings. The fourth-order valence-corrected chi connectivity index (χ4v) is 4.14. The second-order valence-corrected chi connectivity index (χ2v) is 8.77. The Morgan fingerprint density at radius 2 is 1.76 bits per heavy atom. The van der Waals surface area contributed by atoms with E-state index in [1.165, 1.54) is 0 Å². The van der Waals surface area contributed by atoms with Crippen molar-refractivity contribution in [3.05, 3.63) is 58.6 Å². The van der Waals surface area contributed by atoms with Crippen molar-refractivity contribution in [3.63, 3.8) is 0 Å². The number of carbonyl (C=O) groups is 1. The summed E-state index contributed by atoms with van der Waals surface area (Å²) in [6.07, 6.45) is -3.57. The Hall–Kier alpha value is -2.26. The zero-order valence-corrected chi connectivity index (χ0v) is 17.5. The van der Waals surface area contributed by atoms with Gasteiger partial charge in [-0.05, 0) is 43.7 Å². The van der Waals surface area contributed by atoms with E-state index in [0.29, 0.717) is 6.07 Å². The van der Waals surface area contributed by atoms with E-state index in [4.69, 9.17) is 11.6 Å². The molecule has 1 N–H and O–H groups in total. The van der Waals surface area contributed by atoms with Crippen molar-refractivity contribution in [2.24, 2.45) is 0 Å². The number of halogens is 4. The standard InChI is InChI=1S/C19H20ClF3N2O3S/c1-4-17(25(29(3,27)28)14-8-5-12(2)6-9-14)18(26)24-16-11-13(19(21,22)23)7-10-15(16)20/h5-11,17H,4H2,1-3H3,(H,24,26)/t17-/m0/s1. The van der Waals surface area contributed by atoms with Gasteiger partial charge >= 0.3 is 6.18 Å². The molecule has 0 saturated carbocycles. The van der Waals surface area contributed by atoms with Gasteiger partial charge in [0.05, 0.1) is 28.2 Å². The minimum atomic E-state index is -4.62. The molecule has 2 rings (SSSR count). The first-order valence-electron chi connectivity index (χ1n) is 8.58. The van der Waals surface area contributed by atoms with Crippen LogP contribution in [0.25, 0.3) is 0 Å². The van der Waals surface area contributed by atoms with Crippen LogP contribution in [0.15, 0.2) is 42.5 Å². The number of aryl methyl sites for hydroxylation is 1. The van der Waals surface area contributed by atoms with Gasteiger partial charge in [0.1, 0.15) is 6.04 Å². The molecular weight excluding hydrogens is 429 g/mol. The van der Waals surface area contributed by atoms with Gasteiger partial charge in [-0.1, -0.05) is 36.2 Å². The van der Waals surface area contributed by atoms with Crippen molar-refractivity contribution in [1.29, 1.82) is 0 Å². The predicted octanol–water partition coefficient (Wildman–Crippen LogP) is 4.85. The number of sulfonamides is 1. The second kappa shape index (κ2) is 8.62. The van der Waals surface area contributed by atoms with Crippen molar-refractivity contribution in [2.75, 3.05) is 15.9 Å². The highest BCUT2D eigenvalue weighted by atomic mass is 35.5. The summed E-state index contributed by atoms with van der Waals surface area (Å²) in [7, 11) is -3.86. The van der Waals surface area contributed by atoms with Gasteiger partial charge in [0, 0.05) is 0 Å². The topological polar surface area (TPSA) is 66.5 Å². The molecule has 158 valence electrons. The van der Waals surface area contributed by atoms with E-state index < -0.39 is 33.7 Å². The smallest absolute Gasteiger partial charge is 0.323 e. The summed E-state index contributed by atoms with van der Waals surface area (Å²) in [5, 5.41) is 2.24. The second-order valence-electron chi connectivity index (χ2n) is 6.50. The molecule has 29 heavy (non-hydrogen) atoms. The molecule has 0 aromatic heterocycles. The van der Waals surface area contributed by atoms with Gasteiger partial charge in [-0.25, -0.2) is 8.42 Å². The lowest BCUT2D eigenvalue weighted by atomic mass is 10.1. The zero-order valence-electron chi connectivity index (χ0n) is 15.9. The van der Waals surface area contributed by atoms with Crippen LogP contribution in [0.1, 0.15) is 24.5 Å². The van der Waals surface area contributed by atoms with E-state index >= 15 is 0 Å². The Kier molecular flexibility index (Phi) is 6.85. The molecule has 0 aliphatic carbocycles. The zero-order chi connectivity index (χ0) is 22.0. The third-order valence-corrected chi connectivity index (χ3v) is 5.68. The molecule has 1 atom stereocenters. The van der Waals surface area contributed by atoms with Gasteiger partial charge in [-0.2, -0.15) is 13.2 Å². The van der Waals surface area contributed by atoms with E-state index in [-0.39, 0.29) is 22.8 Å². The summed E-state index contributed by atoms with van der Waals surface area (Å²) >= 11 is 5.93. The fourth-order valence-electron chi connectivity index (χ4n) is 2.77. The van der Waals surface area contributed by atoms with E-state index in [9.17, 15) is 26.4 Å². The molecule has 10 heteroatoms. The molecule has 0 aliphatic heterocycles. The van der Waals surface area contributed by atoms with Crippen LogP contribution in [0.4, 0.5) is 24.5 Å². The molecule has 0 bridgehead atoms. The number of carbonyl (C=O) groups excluding carboxylic acids is 1. The van der Waals surface area contributed by atoms with Crippen molar-refractivity contribution in [3.8, 4) is 0 Å². The SMILES string of the molecule is CC[C@@H](C(=O)Nc1cc(C(F)(F)F)ccc1Cl)N(c1ccc(C)cc1)S(C)(=O)=O. The van der Waals surface area contributed by atoms with Crippen LogP contribution in [0.2, 0.25) is 5.02 Å². The Morgan fingerprint density at radius 3 is 2.24 bits per heavy atom. The first-order chi connectivity index (χ1) is 13.3. The van der Waals surface area contributed by atoms with Crippen molar-refractivity contribution in [1.82, 2.24) is 0 Å². The molecule has 0 heterocycles. The maximum atomic E-state index is 13.0. The molecule has 0 aliphatic rings. The van der Waals surface area contributed by atoms with E-state index in [2.05, 4.69) is 5.32 Å². The minimum absolute atomic E-state index is 0.0867. The predicted molar refractivity (Wildman–Crippen MR) is 108 cm³/mol. The van der Waals surface area contributed by atoms with Crippen molar-refractivity contribution < 1.29 is 26.4 Å². The maximum absolute atomic E-state index is 13.0. The monoisotopic (exact) mass is 448 g/mol. The summed E-state index contributed by atoms with van der Waals surface area (Å²) in [4.78, 5) is 12.8. The quantitative estimate of drug-likeness (QED) is 0.687. The molecule has 2 aromatic carbocycles. The summed E-state index contributed by atoms with van der Waals surface area (Å²) < 4.78 is 64.6. The van der Waals surface area contributed by atoms with E-state index in [1.807, 2.05) is 6.92 Å². The summed E-state index contributed by atoms with van der Waals surface area (Å²) in [5.41, 5.74) is -0.0586. The van der Waals surface area contributed by atoms with Crippen LogP contribution in [0.3, 0.4) is 0 Å². The number of amides is 1. The number of anilines is 2. The largest absolute Gasteiger partial charge is 0.416 e. The van der Waals surface area contributed by atoms with Crippen LogP contribution in [0.5, 0.6) is 0 Å². The first kappa shape index (κ1) is 23.0. The number of alkyl halides is 3. The van der Waals surface area contributed by atoms with Gasteiger partial charge in [-0.15, -0.1) is 0 Å². The van der Waals surface area contributed by atoms with Gasteiger partial charge < -0.3 is 5.32 Å². The number of nitrogens with one attached hydrogen (secondary N) is 1. The minimum Gasteiger partial charge on any atom is -0.323 e. The average Bonchev–Trinajstić information content (AvgIpc) is 2.60. The van der Waals surface area contributed by atoms with Gasteiger partial charge in [0.25, 0.3) is 0 Å². The van der Waals surface area contributed by atoms with Crippen LogP contribution < -0.4 is 9.62 Å². The molecule has 0 spiro atoms. The van der Waals surface area contributed by atoms with Crippen molar-refractivity contribution >= 4 is 38.9 Å². The van der Waals surface area contributed by atoms with Crippen LogP contribution in [-0.2, 0) is 21.0 Å². The number of hydrogen-bond donors (Lipinski definition) is 1. The number of benzene rings is 2. The van der Waals surface area contributed by atoms with Crippen molar-refractivity contribution in [2.45, 2.75) is 32.5 Å². The number of nitrogens with zero attached hydrogens (tertiary/aromatic N) is 1. The number of hydrogen-bond acceptors (Lipinski definition) is 3. The Morgan fingerprint density at radius 1 is 1.17 bits per heavy atom. The summed E-state index contributed by atoms with van der Waals surface area (Å²) in [6, 6.07) is 7.86. The van der Waals surface area contributed by atoms with Crippen LogP contribution >= 0.6 is 11.6 Å². The molecular formula is C19H20ClF3N2O3S. The highest BCUT2D eigenvalue weighted by Crippen LogP contribution is 2.34. The van der Waals surface area contributed by atoms with Crippen LogP contribution in [-0.4, -0.2) is 26.6 Å². The Balaban J connectivity index is 2.42. The van der Waals surface area contributed by atoms with Gasteiger partial charge in [0.2, 0.25) is 15.9 Å². The lowest BCUT2D eigenvalue weighted by Crippen LogP contribution is -2.47. The average molecular weight is 449 g/mol. The van der Waals surface area contributed by atoms with E-state index in [1.54, 1.807) is 31.2 Å². The first-order valence-corrected chi connectivity index (χ1v) is 10.8. The molecule has 1 amide bonds. The fraction of sp³-hybridized carbons (Fsp3) is 0.316. The lowest BCUT2D eigenvalue weighted by molar-refractivity contribution is -0.137. The Labute approximate surface area is 172 Å². The molecule has 0 radical (unpaired) electrons. The van der Waals surface area contributed by atoms with E-state index in [0.717, 1.165) is 28.3 Å². The molecule has 0 saturated heterocycles. The summed E-state index contributed by atoms with van der Waals surface area (Å²) in [6.45, 7) is 3.43.